The number of rotatable bonds is 1. The average Bonchev–Trinajstić information content (AvgIpc) is 2.83. The van der Waals surface area contributed by atoms with Gasteiger partial charge in [0, 0.05) is 5.69 Å². The SMILES string of the molecule is Nc1cc(C(F)(F)F)cc2ncn(-c3ccccc3)c12. The Labute approximate surface area is 112 Å². The van der Waals surface area contributed by atoms with Crippen LogP contribution in [0.15, 0.2) is 48.8 Å². The number of anilines is 1. The van der Waals surface area contributed by atoms with Crippen LogP contribution in [0.4, 0.5) is 18.9 Å². The van der Waals surface area contributed by atoms with E-state index in [2.05, 4.69) is 4.98 Å². The van der Waals surface area contributed by atoms with Crippen LogP contribution in [0.5, 0.6) is 0 Å². The van der Waals surface area contributed by atoms with Gasteiger partial charge in [-0.2, -0.15) is 13.2 Å². The van der Waals surface area contributed by atoms with Crippen LogP contribution in [0.2, 0.25) is 0 Å². The zero-order valence-electron chi connectivity index (χ0n) is 10.2. The van der Waals surface area contributed by atoms with E-state index in [9.17, 15) is 13.2 Å². The molecule has 1 aromatic heterocycles. The number of benzene rings is 2. The lowest BCUT2D eigenvalue weighted by molar-refractivity contribution is -0.137. The van der Waals surface area contributed by atoms with Gasteiger partial charge in [0.1, 0.15) is 6.33 Å². The Morgan fingerprint density at radius 1 is 1.05 bits per heavy atom. The molecule has 20 heavy (non-hydrogen) atoms. The van der Waals surface area contributed by atoms with Crippen molar-refractivity contribution in [2.24, 2.45) is 0 Å². The van der Waals surface area contributed by atoms with E-state index in [1.165, 1.54) is 6.33 Å². The number of halogens is 3. The normalized spacial score (nSPS) is 11.9. The minimum absolute atomic E-state index is 0.0520. The molecule has 0 atom stereocenters. The fourth-order valence-electron chi connectivity index (χ4n) is 2.13. The Morgan fingerprint density at radius 2 is 1.75 bits per heavy atom. The number of aromatic nitrogens is 2. The van der Waals surface area contributed by atoms with E-state index >= 15 is 0 Å². The number of hydrogen-bond donors (Lipinski definition) is 1. The molecule has 2 N–H and O–H groups in total. The first-order chi connectivity index (χ1) is 9.47. The highest BCUT2D eigenvalue weighted by molar-refractivity contribution is 5.89. The van der Waals surface area contributed by atoms with Gasteiger partial charge in [-0.05, 0) is 24.3 Å². The van der Waals surface area contributed by atoms with E-state index in [0.717, 1.165) is 17.8 Å². The van der Waals surface area contributed by atoms with Crippen LogP contribution in [0.3, 0.4) is 0 Å². The van der Waals surface area contributed by atoms with Gasteiger partial charge in [-0.1, -0.05) is 18.2 Å². The minimum Gasteiger partial charge on any atom is -0.397 e. The molecule has 0 amide bonds. The Bertz CT molecular complexity index is 760. The molecule has 3 aromatic rings. The standard InChI is InChI=1S/C14H10F3N3/c15-14(16,17)9-6-11(18)13-12(7-9)19-8-20(13)10-4-2-1-3-5-10/h1-8H,18H2. The van der Waals surface area contributed by atoms with E-state index in [4.69, 9.17) is 5.73 Å². The highest BCUT2D eigenvalue weighted by atomic mass is 19.4. The number of nitrogens with zero attached hydrogens (tertiary/aromatic N) is 2. The molecular weight excluding hydrogens is 267 g/mol. The largest absolute Gasteiger partial charge is 0.416 e. The third-order valence-corrected chi connectivity index (χ3v) is 3.03. The van der Waals surface area contributed by atoms with Crippen molar-refractivity contribution < 1.29 is 13.2 Å². The molecule has 0 radical (unpaired) electrons. The molecule has 0 aliphatic carbocycles. The summed E-state index contributed by atoms with van der Waals surface area (Å²) in [6.07, 6.45) is -2.96. The summed E-state index contributed by atoms with van der Waals surface area (Å²) >= 11 is 0. The fraction of sp³-hybridized carbons (Fsp3) is 0.0714. The molecule has 0 saturated carbocycles. The lowest BCUT2D eigenvalue weighted by Crippen LogP contribution is -2.06. The van der Waals surface area contributed by atoms with Crippen molar-refractivity contribution in [1.82, 2.24) is 9.55 Å². The number of nitrogen functional groups attached to an aromatic ring is 1. The van der Waals surface area contributed by atoms with Gasteiger partial charge < -0.3 is 5.73 Å². The molecule has 3 rings (SSSR count). The third kappa shape index (κ3) is 1.99. The number of nitrogens with two attached hydrogens (primary N) is 1. The van der Waals surface area contributed by atoms with Crippen LogP contribution in [-0.2, 0) is 6.18 Å². The summed E-state index contributed by atoms with van der Waals surface area (Å²) < 4.78 is 39.9. The molecule has 1 heterocycles. The van der Waals surface area contributed by atoms with Crippen molar-refractivity contribution in [3.05, 3.63) is 54.4 Å². The molecule has 6 heteroatoms. The molecule has 3 nitrogen and oxygen atoms in total. The molecule has 0 bridgehead atoms. The Balaban J connectivity index is 2.24. The Kier molecular flexibility index (Phi) is 2.67. The predicted octanol–water partition coefficient (Wildman–Crippen LogP) is 3.63. The summed E-state index contributed by atoms with van der Waals surface area (Å²) in [4.78, 5) is 4.01. The highest BCUT2D eigenvalue weighted by Gasteiger charge is 2.31. The topological polar surface area (TPSA) is 43.8 Å². The lowest BCUT2D eigenvalue weighted by Gasteiger charge is -2.10. The maximum atomic E-state index is 12.7. The van der Waals surface area contributed by atoms with Gasteiger partial charge in [0.05, 0.1) is 22.3 Å². The van der Waals surface area contributed by atoms with Crippen molar-refractivity contribution in [3.63, 3.8) is 0 Å². The second kappa shape index (κ2) is 4.26. The van der Waals surface area contributed by atoms with Gasteiger partial charge >= 0.3 is 6.18 Å². The zero-order valence-corrected chi connectivity index (χ0v) is 10.2. The maximum Gasteiger partial charge on any atom is 0.416 e. The first-order valence-corrected chi connectivity index (χ1v) is 5.86. The van der Waals surface area contributed by atoms with Crippen molar-refractivity contribution in [3.8, 4) is 5.69 Å². The second-order valence-electron chi connectivity index (χ2n) is 4.38. The Hall–Kier alpha value is -2.50. The van der Waals surface area contributed by atoms with Crippen LogP contribution >= 0.6 is 0 Å². The molecule has 0 aliphatic rings. The quantitative estimate of drug-likeness (QED) is 0.690. The van der Waals surface area contributed by atoms with Crippen LogP contribution in [0, 0.1) is 0 Å². The van der Waals surface area contributed by atoms with Gasteiger partial charge in [0.2, 0.25) is 0 Å². The van der Waals surface area contributed by atoms with Crippen molar-refractivity contribution in [2.75, 3.05) is 5.73 Å². The van der Waals surface area contributed by atoms with Gasteiger partial charge in [-0.25, -0.2) is 4.98 Å². The lowest BCUT2D eigenvalue weighted by atomic mass is 10.1. The van der Waals surface area contributed by atoms with Gasteiger partial charge in [-0.15, -0.1) is 0 Å². The summed E-state index contributed by atoms with van der Waals surface area (Å²) in [5.74, 6) is 0. The highest BCUT2D eigenvalue weighted by Crippen LogP contribution is 2.34. The van der Waals surface area contributed by atoms with Crippen LogP contribution < -0.4 is 5.73 Å². The minimum atomic E-state index is -4.43. The number of fused-ring (bicyclic) bond motifs is 1. The van der Waals surface area contributed by atoms with E-state index in [1.807, 2.05) is 30.3 Å². The van der Waals surface area contributed by atoms with E-state index in [1.54, 1.807) is 4.57 Å². The summed E-state index contributed by atoms with van der Waals surface area (Å²) in [7, 11) is 0. The molecule has 2 aromatic carbocycles. The van der Waals surface area contributed by atoms with Gasteiger partial charge in [0.15, 0.2) is 0 Å². The molecule has 0 spiro atoms. The summed E-state index contributed by atoms with van der Waals surface area (Å²) in [6.45, 7) is 0. The maximum absolute atomic E-state index is 12.7. The molecular formula is C14H10F3N3. The van der Waals surface area contributed by atoms with Crippen molar-refractivity contribution in [1.29, 1.82) is 0 Å². The average molecular weight is 277 g/mol. The summed E-state index contributed by atoms with van der Waals surface area (Å²) in [5, 5.41) is 0. The number of imidazole rings is 1. The van der Waals surface area contributed by atoms with Crippen molar-refractivity contribution >= 4 is 16.7 Å². The first-order valence-electron chi connectivity index (χ1n) is 5.86. The number of alkyl halides is 3. The zero-order chi connectivity index (χ0) is 14.3. The van der Waals surface area contributed by atoms with Crippen LogP contribution in [0.25, 0.3) is 16.7 Å². The molecule has 0 saturated heterocycles. The molecule has 102 valence electrons. The fourth-order valence-corrected chi connectivity index (χ4v) is 2.13. The van der Waals surface area contributed by atoms with Gasteiger partial charge in [0.25, 0.3) is 0 Å². The third-order valence-electron chi connectivity index (χ3n) is 3.03. The summed E-state index contributed by atoms with van der Waals surface area (Å²) in [6, 6.07) is 11.1. The van der Waals surface area contributed by atoms with E-state index < -0.39 is 11.7 Å². The number of hydrogen-bond acceptors (Lipinski definition) is 2. The first kappa shape index (κ1) is 12.5. The smallest absolute Gasteiger partial charge is 0.397 e. The second-order valence-corrected chi connectivity index (χ2v) is 4.38. The van der Waals surface area contributed by atoms with E-state index in [0.29, 0.717) is 5.52 Å². The van der Waals surface area contributed by atoms with Gasteiger partial charge in [-0.3, -0.25) is 4.57 Å². The summed E-state index contributed by atoms with van der Waals surface area (Å²) in [5.41, 5.74) is 6.53. The van der Waals surface area contributed by atoms with Crippen LogP contribution in [-0.4, -0.2) is 9.55 Å². The van der Waals surface area contributed by atoms with E-state index in [-0.39, 0.29) is 11.2 Å². The van der Waals surface area contributed by atoms with Crippen molar-refractivity contribution in [2.45, 2.75) is 6.18 Å². The molecule has 0 aliphatic heterocycles. The Morgan fingerprint density at radius 3 is 2.40 bits per heavy atom. The number of para-hydroxylation sites is 1. The molecule has 0 fully saturated rings. The monoisotopic (exact) mass is 277 g/mol. The van der Waals surface area contributed by atoms with Crippen LogP contribution in [0.1, 0.15) is 5.56 Å². The molecule has 0 unspecified atom stereocenters. The predicted molar refractivity (Wildman–Crippen MR) is 70.5 cm³/mol.